The Kier molecular flexibility index (Phi) is 9.87. The fourth-order valence-corrected chi connectivity index (χ4v) is 5.02. The highest BCUT2D eigenvalue weighted by molar-refractivity contribution is 7.92. The average molecular weight is 563 g/mol. The number of halogens is 3. The lowest BCUT2D eigenvalue weighted by Crippen LogP contribution is -2.55. The molecule has 0 aliphatic rings. The van der Waals surface area contributed by atoms with Crippen LogP contribution in [0.1, 0.15) is 39.7 Å². The van der Waals surface area contributed by atoms with Gasteiger partial charge in [-0.15, -0.1) is 0 Å². The third kappa shape index (κ3) is 8.56. The highest BCUT2D eigenvalue weighted by Gasteiger charge is 2.33. The van der Waals surface area contributed by atoms with Gasteiger partial charge in [-0.2, -0.15) is 0 Å². The number of rotatable bonds is 9. The molecule has 2 aromatic carbocycles. The zero-order chi connectivity index (χ0) is 26.6. The van der Waals surface area contributed by atoms with Crippen LogP contribution in [0.15, 0.2) is 42.5 Å². The first-order chi connectivity index (χ1) is 16.1. The van der Waals surface area contributed by atoms with Crippen LogP contribution < -0.4 is 9.62 Å². The molecule has 7 nitrogen and oxygen atoms in total. The molecule has 0 heterocycles. The van der Waals surface area contributed by atoms with Crippen molar-refractivity contribution in [2.45, 2.75) is 52.2 Å². The SMILES string of the molecule is CC[C@@H](C(=O)NC(C)(C)C)N(Cc1ccccc1Cl)C(=O)CN(c1cc(Cl)cc(Cl)c1)S(C)(=O)=O. The van der Waals surface area contributed by atoms with E-state index < -0.39 is 34.1 Å². The number of carbonyl (C=O) groups is 2. The van der Waals surface area contributed by atoms with Crippen LogP contribution in [-0.4, -0.2) is 49.5 Å². The minimum atomic E-state index is -3.90. The van der Waals surface area contributed by atoms with Crippen molar-refractivity contribution in [1.29, 1.82) is 0 Å². The Bertz CT molecular complexity index is 1160. The summed E-state index contributed by atoms with van der Waals surface area (Å²) in [4.78, 5) is 28.2. The Morgan fingerprint density at radius 2 is 1.60 bits per heavy atom. The van der Waals surface area contributed by atoms with Crippen LogP contribution in [0.25, 0.3) is 0 Å². The molecule has 0 saturated carbocycles. The second-order valence-electron chi connectivity index (χ2n) is 9.17. The quantitative estimate of drug-likeness (QED) is 0.459. The number of hydrogen-bond acceptors (Lipinski definition) is 4. The first kappa shape index (κ1) is 29.2. The minimum absolute atomic E-state index is 0.0163. The zero-order valence-electron chi connectivity index (χ0n) is 20.3. The van der Waals surface area contributed by atoms with Crippen LogP contribution >= 0.6 is 34.8 Å². The second kappa shape index (κ2) is 11.8. The number of anilines is 1. The van der Waals surface area contributed by atoms with Gasteiger partial charge in [0.15, 0.2) is 0 Å². The van der Waals surface area contributed by atoms with Crippen molar-refractivity contribution in [2.75, 3.05) is 17.1 Å². The van der Waals surface area contributed by atoms with Crippen molar-refractivity contribution in [3.05, 3.63) is 63.1 Å². The normalized spacial score (nSPS) is 12.7. The predicted octanol–water partition coefficient (Wildman–Crippen LogP) is 5.13. The van der Waals surface area contributed by atoms with Gasteiger partial charge in [0.25, 0.3) is 0 Å². The molecule has 0 aliphatic carbocycles. The summed E-state index contributed by atoms with van der Waals surface area (Å²) in [6, 6.07) is 10.4. The maximum absolute atomic E-state index is 13.7. The van der Waals surface area contributed by atoms with Crippen molar-refractivity contribution in [1.82, 2.24) is 10.2 Å². The smallest absolute Gasteiger partial charge is 0.244 e. The number of benzene rings is 2. The van der Waals surface area contributed by atoms with Gasteiger partial charge in [0, 0.05) is 27.2 Å². The summed E-state index contributed by atoms with van der Waals surface area (Å²) in [5.74, 6) is -0.931. The summed E-state index contributed by atoms with van der Waals surface area (Å²) < 4.78 is 26.2. The van der Waals surface area contributed by atoms with E-state index in [0.717, 1.165) is 10.6 Å². The fourth-order valence-electron chi connectivity index (χ4n) is 3.48. The van der Waals surface area contributed by atoms with Gasteiger partial charge in [0.1, 0.15) is 12.6 Å². The molecule has 0 aromatic heterocycles. The van der Waals surface area contributed by atoms with Gasteiger partial charge in [0.05, 0.1) is 11.9 Å². The van der Waals surface area contributed by atoms with Crippen LogP contribution in [0.2, 0.25) is 15.1 Å². The third-order valence-electron chi connectivity index (χ3n) is 5.00. The molecule has 2 aromatic rings. The molecule has 2 amide bonds. The summed E-state index contributed by atoms with van der Waals surface area (Å²) in [5, 5.41) is 3.77. The number of amides is 2. The molecule has 0 unspecified atom stereocenters. The summed E-state index contributed by atoms with van der Waals surface area (Å²) in [6.45, 7) is 6.76. The van der Waals surface area contributed by atoms with Gasteiger partial charge in [-0.05, 0) is 57.0 Å². The maximum Gasteiger partial charge on any atom is 0.244 e. The molecule has 1 N–H and O–H groups in total. The summed E-state index contributed by atoms with van der Waals surface area (Å²) in [5.41, 5.74) is 0.240. The molecule has 0 bridgehead atoms. The maximum atomic E-state index is 13.7. The number of sulfonamides is 1. The molecule has 11 heteroatoms. The third-order valence-corrected chi connectivity index (χ3v) is 6.94. The van der Waals surface area contributed by atoms with Crippen molar-refractivity contribution in [3.63, 3.8) is 0 Å². The molecule has 1 atom stereocenters. The number of nitrogens with zero attached hydrogens (tertiary/aromatic N) is 2. The Labute approximate surface area is 222 Å². The van der Waals surface area contributed by atoms with Crippen molar-refractivity contribution in [3.8, 4) is 0 Å². The van der Waals surface area contributed by atoms with Crippen LogP contribution in [0.4, 0.5) is 5.69 Å². The predicted molar refractivity (Wildman–Crippen MR) is 143 cm³/mol. The van der Waals surface area contributed by atoms with Crippen LogP contribution in [0.3, 0.4) is 0 Å². The molecule has 0 fully saturated rings. The Morgan fingerprint density at radius 3 is 2.09 bits per heavy atom. The molecular formula is C24H30Cl3N3O4S. The van der Waals surface area contributed by atoms with E-state index in [2.05, 4.69) is 5.32 Å². The molecule has 0 aliphatic heterocycles. The van der Waals surface area contributed by atoms with Gasteiger partial charge < -0.3 is 10.2 Å². The largest absolute Gasteiger partial charge is 0.350 e. The van der Waals surface area contributed by atoms with E-state index in [1.54, 1.807) is 31.2 Å². The lowest BCUT2D eigenvalue weighted by molar-refractivity contribution is -0.141. The van der Waals surface area contributed by atoms with Gasteiger partial charge >= 0.3 is 0 Å². The fraction of sp³-hybridized carbons (Fsp3) is 0.417. The van der Waals surface area contributed by atoms with Crippen molar-refractivity contribution in [2.24, 2.45) is 0 Å². The van der Waals surface area contributed by atoms with Crippen molar-refractivity contribution >= 4 is 62.3 Å². The monoisotopic (exact) mass is 561 g/mol. The van der Waals surface area contributed by atoms with Gasteiger partial charge in [-0.25, -0.2) is 8.42 Å². The Morgan fingerprint density at radius 1 is 1.03 bits per heavy atom. The molecule has 0 spiro atoms. The molecular weight excluding hydrogens is 533 g/mol. The summed E-state index contributed by atoms with van der Waals surface area (Å²) in [6.07, 6.45) is 1.29. The van der Waals surface area contributed by atoms with Crippen LogP contribution in [0, 0.1) is 0 Å². The lowest BCUT2D eigenvalue weighted by Gasteiger charge is -2.34. The van der Waals surface area contributed by atoms with Gasteiger partial charge in [-0.1, -0.05) is 59.9 Å². The lowest BCUT2D eigenvalue weighted by atomic mass is 10.1. The number of nitrogens with one attached hydrogen (secondary N) is 1. The topological polar surface area (TPSA) is 86.8 Å². The second-order valence-corrected chi connectivity index (χ2v) is 12.4. The summed E-state index contributed by atoms with van der Waals surface area (Å²) in [7, 11) is -3.90. The zero-order valence-corrected chi connectivity index (χ0v) is 23.4. The number of hydrogen-bond donors (Lipinski definition) is 1. The van der Waals surface area contributed by atoms with E-state index in [1.807, 2.05) is 20.8 Å². The molecule has 0 radical (unpaired) electrons. The Hall–Kier alpha value is -2.00. The van der Waals surface area contributed by atoms with E-state index in [0.29, 0.717) is 17.0 Å². The number of carbonyl (C=O) groups excluding carboxylic acids is 2. The van der Waals surface area contributed by atoms with Crippen LogP contribution in [-0.2, 0) is 26.2 Å². The Balaban J connectivity index is 2.51. The van der Waals surface area contributed by atoms with E-state index in [-0.39, 0.29) is 28.2 Å². The average Bonchev–Trinajstić information content (AvgIpc) is 2.70. The van der Waals surface area contributed by atoms with E-state index in [1.165, 1.54) is 23.1 Å². The first-order valence-corrected chi connectivity index (χ1v) is 13.9. The van der Waals surface area contributed by atoms with Crippen LogP contribution in [0.5, 0.6) is 0 Å². The minimum Gasteiger partial charge on any atom is -0.350 e. The van der Waals surface area contributed by atoms with E-state index in [4.69, 9.17) is 34.8 Å². The molecule has 0 saturated heterocycles. The molecule has 35 heavy (non-hydrogen) atoms. The van der Waals surface area contributed by atoms with E-state index >= 15 is 0 Å². The highest BCUT2D eigenvalue weighted by Crippen LogP contribution is 2.28. The summed E-state index contributed by atoms with van der Waals surface area (Å²) >= 11 is 18.5. The molecule has 2 rings (SSSR count). The van der Waals surface area contributed by atoms with Gasteiger partial charge in [-0.3, -0.25) is 13.9 Å². The van der Waals surface area contributed by atoms with Gasteiger partial charge in [0.2, 0.25) is 21.8 Å². The molecule has 192 valence electrons. The van der Waals surface area contributed by atoms with Crippen molar-refractivity contribution < 1.29 is 18.0 Å². The van der Waals surface area contributed by atoms with E-state index in [9.17, 15) is 18.0 Å². The highest BCUT2D eigenvalue weighted by atomic mass is 35.5. The first-order valence-electron chi connectivity index (χ1n) is 10.9. The standard InChI is InChI=1S/C24H30Cl3N3O4S/c1-6-21(23(32)28-24(2,3)4)29(14-16-9-7-8-10-20(16)27)22(31)15-30(35(5,33)34)19-12-17(25)11-18(26)13-19/h7-13,21H,6,14-15H2,1-5H3,(H,28,32)/t21-/m0/s1.